The average Bonchev–Trinajstić information content (AvgIpc) is 2.75. The average molecular weight is 301 g/mol. The van der Waals surface area contributed by atoms with Crippen LogP contribution in [0.3, 0.4) is 0 Å². The Morgan fingerprint density at radius 3 is 3.18 bits per heavy atom. The van der Waals surface area contributed by atoms with Gasteiger partial charge in [-0.05, 0) is 54.3 Å². The number of furan rings is 1. The van der Waals surface area contributed by atoms with Crippen LogP contribution in [0.25, 0.3) is 0 Å². The Morgan fingerprint density at radius 2 is 2.53 bits per heavy atom. The molecule has 1 aliphatic heterocycles. The highest BCUT2D eigenvalue weighted by Gasteiger charge is 2.26. The zero-order valence-corrected chi connectivity index (χ0v) is 11.5. The molecule has 1 saturated heterocycles. The molecule has 0 spiro atoms. The maximum Gasteiger partial charge on any atom is 0.290 e. The topological polar surface area (TPSA) is 45.5 Å². The standard InChI is InChI=1S/C12H17BrN2O2/c1-14-7-9-3-2-5-15(8-9)12(16)11-10(13)4-6-17-11/h4,6,9,14H,2-3,5,7-8H2,1H3/t9-/m0/s1. The maximum atomic E-state index is 12.2. The molecule has 0 bridgehead atoms. The Bertz CT molecular complexity index is 390. The van der Waals surface area contributed by atoms with Crippen LogP contribution in [0.2, 0.25) is 0 Å². The normalized spacial score (nSPS) is 20.6. The number of halogens is 1. The second-order valence-electron chi connectivity index (χ2n) is 4.41. The van der Waals surface area contributed by atoms with Crippen molar-refractivity contribution in [3.8, 4) is 0 Å². The molecule has 5 heteroatoms. The number of likely N-dealkylation sites (tertiary alicyclic amines) is 1. The maximum absolute atomic E-state index is 12.2. The molecule has 1 aromatic heterocycles. The first-order valence-corrected chi connectivity index (χ1v) is 6.68. The molecule has 94 valence electrons. The smallest absolute Gasteiger partial charge is 0.290 e. The molecule has 1 atom stereocenters. The van der Waals surface area contributed by atoms with Crippen LogP contribution in [0.4, 0.5) is 0 Å². The number of carbonyl (C=O) groups excluding carboxylic acids is 1. The van der Waals surface area contributed by atoms with E-state index in [0.717, 1.165) is 30.5 Å². The van der Waals surface area contributed by atoms with E-state index < -0.39 is 0 Å². The fourth-order valence-electron chi connectivity index (χ4n) is 2.29. The molecule has 2 rings (SSSR count). The highest BCUT2D eigenvalue weighted by atomic mass is 79.9. The first-order chi connectivity index (χ1) is 8.22. The zero-order valence-electron chi connectivity index (χ0n) is 9.91. The fourth-order valence-corrected chi connectivity index (χ4v) is 2.67. The number of amides is 1. The predicted molar refractivity (Wildman–Crippen MR) is 69.0 cm³/mol. The van der Waals surface area contributed by atoms with E-state index in [4.69, 9.17) is 4.42 Å². The molecule has 2 heterocycles. The van der Waals surface area contributed by atoms with Gasteiger partial charge >= 0.3 is 0 Å². The lowest BCUT2D eigenvalue weighted by molar-refractivity contribution is 0.0641. The van der Waals surface area contributed by atoms with Gasteiger partial charge in [-0.1, -0.05) is 0 Å². The molecule has 4 nitrogen and oxygen atoms in total. The van der Waals surface area contributed by atoms with E-state index in [1.165, 1.54) is 12.7 Å². The molecule has 1 amide bonds. The van der Waals surface area contributed by atoms with Gasteiger partial charge in [0.25, 0.3) is 5.91 Å². The number of carbonyl (C=O) groups is 1. The van der Waals surface area contributed by atoms with Crippen molar-refractivity contribution in [2.75, 3.05) is 26.7 Å². The van der Waals surface area contributed by atoms with Crippen molar-refractivity contribution >= 4 is 21.8 Å². The Balaban J connectivity index is 2.02. The molecule has 0 unspecified atom stereocenters. The lowest BCUT2D eigenvalue weighted by Crippen LogP contribution is -2.42. The summed E-state index contributed by atoms with van der Waals surface area (Å²) < 4.78 is 5.96. The monoisotopic (exact) mass is 300 g/mol. The summed E-state index contributed by atoms with van der Waals surface area (Å²) in [6, 6.07) is 1.75. The molecule has 0 aromatic carbocycles. The Kier molecular flexibility index (Phi) is 4.23. The molecule has 0 radical (unpaired) electrons. The van der Waals surface area contributed by atoms with Crippen molar-refractivity contribution in [2.24, 2.45) is 5.92 Å². The number of nitrogens with one attached hydrogen (secondary N) is 1. The molecular formula is C12H17BrN2O2. The minimum atomic E-state index is -0.0114. The minimum absolute atomic E-state index is 0.0114. The van der Waals surface area contributed by atoms with Gasteiger partial charge in [0.15, 0.2) is 0 Å². The molecule has 0 aliphatic carbocycles. The predicted octanol–water partition coefficient (Wildman–Crippen LogP) is 2.11. The third-order valence-corrected chi connectivity index (χ3v) is 3.73. The Hall–Kier alpha value is -0.810. The van der Waals surface area contributed by atoms with Gasteiger partial charge in [-0.25, -0.2) is 0 Å². The van der Waals surface area contributed by atoms with E-state index in [2.05, 4.69) is 21.2 Å². The van der Waals surface area contributed by atoms with Gasteiger partial charge < -0.3 is 14.6 Å². The molecule has 1 N–H and O–H groups in total. The van der Waals surface area contributed by atoms with Crippen LogP contribution in [-0.2, 0) is 0 Å². The number of hydrogen-bond donors (Lipinski definition) is 1. The van der Waals surface area contributed by atoms with Crippen LogP contribution in [0.15, 0.2) is 21.2 Å². The van der Waals surface area contributed by atoms with Crippen LogP contribution < -0.4 is 5.32 Å². The summed E-state index contributed by atoms with van der Waals surface area (Å²) in [5.74, 6) is 0.948. The van der Waals surface area contributed by atoms with E-state index in [1.54, 1.807) is 6.07 Å². The Labute approximate surface area is 109 Å². The number of rotatable bonds is 3. The van der Waals surface area contributed by atoms with E-state index >= 15 is 0 Å². The van der Waals surface area contributed by atoms with Crippen molar-refractivity contribution in [3.63, 3.8) is 0 Å². The summed E-state index contributed by atoms with van der Waals surface area (Å²) in [5.41, 5.74) is 0. The van der Waals surface area contributed by atoms with Crippen LogP contribution in [0.1, 0.15) is 23.4 Å². The highest BCUT2D eigenvalue weighted by Crippen LogP contribution is 2.23. The summed E-state index contributed by atoms with van der Waals surface area (Å²) in [7, 11) is 1.95. The van der Waals surface area contributed by atoms with Gasteiger partial charge in [-0.3, -0.25) is 4.79 Å². The van der Waals surface area contributed by atoms with Gasteiger partial charge in [0.1, 0.15) is 0 Å². The third-order valence-electron chi connectivity index (χ3n) is 3.11. The molecule has 17 heavy (non-hydrogen) atoms. The molecule has 0 saturated carbocycles. The van der Waals surface area contributed by atoms with E-state index in [-0.39, 0.29) is 5.91 Å². The van der Waals surface area contributed by atoms with E-state index in [1.807, 2.05) is 11.9 Å². The van der Waals surface area contributed by atoms with Crippen LogP contribution in [0, 0.1) is 5.92 Å². The summed E-state index contributed by atoms with van der Waals surface area (Å²) >= 11 is 3.33. The lowest BCUT2D eigenvalue weighted by atomic mass is 9.98. The van der Waals surface area contributed by atoms with Crippen LogP contribution >= 0.6 is 15.9 Å². The third kappa shape index (κ3) is 2.90. The van der Waals surface area contributed by atoms with Gasteiger partial charge in [0.05, 0.1) is 10.7 Å². The highest BCUT2D eigenvalue weighted by molar-refractivity contribution is 9.10. The zero-order chi connectivity index (χ0) is 12.3. The first-order valence-electron chi connectivity index (χ1n) is 5.89. The summed E-state index contributed by atoms with van der Waals surface area (Å²) in [4.78, 5) is 14.1. The van der Waals surface area contributed by atoms with Crippen molar-refractivity contribution in [1.29, 1.82) is 0 Å². The summed E-state index contributed by atoms with van der Waals surface area (Å²) in [5, 5.41) is 3.17. The summed E-state index contributed by atoms with van der Waals surface area (Å²) in [6.45, 7) is 2.60. The molecule has 1 aromatic rings. The first kappa shape index (κ1) is 12.6. The van der Waals surface area contributed by atoms with Crippen molar-refractivity contribution < 1.29 is 9.21 Å². The Morgan fingerprint density at radius 1 is 1.71 bits per heavy atom. The molecule has 1 fully saturated rings. The fraction of sp³-hybridized carbons (Fsp3) is 0.583. The molecule has 1 aliphatic rings. The van der Waals surface area contributed by atoms with Crippen LogP contribution in [0.5, 0.6) is 0 Å². The van der Waals surface area contributed by atoms with E-state index in [9.17, 15) is 4.79 Å². The van der Waals surface area contributed by atoms with Gasteiger partial charge in [-0.15, -0.1) is 0 Å². The molecular weight excluding hydrogens is 284 g/mol. The van der Waals surface area contributed by atoms with E-state index in [0.29, 0.717) is 11.7 Å². The summed E-state index contributed by atoms with van der Waals surface area (Å²) in [6.07, 6.45) is 3.78. The minimum Gasteiger partial charge on any atom is -0.458 e. The van der Waals surface area contributed by atoms with Crippen molar-refractivity contribution in [3.05, 3.63) is 22.6 Å². The van der Waals surface area contributed by atoms with Gasteiger partial charge in [0, 0.05) is 13.1 Å². The SMILES string of the molecule is CNC[C@@H]1CCCN(C(=O)c2occc2Br)C1. The second-order valence-corrected chi connectivity index (χ2v) is 5.27. The van der Waals surface area contributed by atoms with Gasteiger partial charge in [-0.2, -0.15) is 0 Å². The number of hydrogen-bond acceptors (Lipinski definition) is 3. The second kappa shape index (κ2) is 5.69. The van der Waals surface area contributed by atoms with Crippen molar-refractivity contribution in [1.82, 2.24) is 10.2 Å². The quantitative estimate of drug-likeness (QED) is 0.930. The number of piperidine rings is 1. The largest absolute Gasteiger partial charge is 0.458 e. The van der Waals surface area contributed by atoms with Crippen molar-refractivity contribution in [2.45, 2.75) is 12.8 Å². The number of nitrogens with zero attached hydrogens (tertiary/aromatic N) is 1. The van der Waals surface area contributed by atoms with Crippen LogP contribution in [-0.4, -0.2) is 37.5 Å². The lowest BCUT2D eigenvalue weighted by Gasteiger charge is -2.32. The van der Waals surface area contributed by atoms with Gasteiger partial charge in [0.2, 0.25) is 5.76 Å².